The second-order valence-electron chi connectivity index (χ2n) is 11.3. The average Bonchev–Trinajstić information content (AvgIpc) is 3.55. The van der Waals surface area contributed by atoms with Crippen LogP contribution in [0.25, 0.3) is 5.65 Å². The Hall–Kier alpha value is -3.58. The highest BCUT2D eigenvalue weighted by atomic mass is 19.4. The molecule has 2 aliphatic rings. The summed E-state index contributed by atoms with van der Waals surface area (Å²) in [5.41, 5.74) is 1.71. The van der Waals surface area contributed by atoms with Crippen molar-refractivity contribution in [1.29, 1.82) is 0 Å². The molecule has 14 heteroatoms. The number of fused-ring (bicyclic) bond motifs is 1. The van der Waals surface area contributed by atoms with Crippen LogP contribution in [0.2, 0.25) is 0 Å². The number of nitrogens with one attached hydrogen (secondary N) is 2. The van der Waals surface area contributed by atoms with Crippen LogP contribution in [-0.4, -0.2) is 43.7 Å². The van der Waals surface area contributed by atoms with Gasteiger partial charge in [-0.05, 0) is 49.1 Å². The predicted octanol–water partition coefficient (Wildman–Crippen LogP) is 5.88. The predicted molar refractivity (Wildman–Crippen MR) is 139 cm³/mol. The molecule has 2 saturated carbocycles. The number of aromatic nitrogens is 4. The quantitative estimate of drug-likeness (QED) is 0.283. The standard InChI is InChI=1S/C28H33F5N6O3/c1-2-21-19(14-35-42-21)26(41)38-25(17-6-9-27(29,30)10-7-17)20-15-39-22(36-20)12-18(13-34-39)24(16-4-3-5-16)37-23(40)8-11-28(31,32)33/h12-17,24-25H,2-11H2,1H3,(H,37,40)(H,38,41)/t24?,25-/m0/s1. The van der Waals surface area contributed by atoms with E-state index in [-0.39, 0.29) is 43.1 Å². The number of carbonyl (C=O) groups is 2. The van der Waals surface area contributed by atoms with E-state index in [1.54, 1.807) is 18.5 Å². The van der Waals surface area contributed by atoms with Gasteiger partial charge in [0.25, 0.3) is 5.91 Å². The summed E-state index contributed by atoms with van der Waals surface area (Å²) in [4.78, 5) is 30.3. The summed E-state index contributed by atoms with van der Waals surface area (Å²) < 4.78 is 72.6. The molecule has 2 amide bonds. The number of imidazole rings is 1. The molecule has 0 saturated heterocycles. The Morgan fingerprint density at radius 2 is 1.81 bits per heavy atom. The monoisotopic (exact) mass is 596 g/mol. The van der Waals surface area contributed by atoms with E-state index in [0.717, 1.165) is 19.3 Å². The van der Waals surface area contributed by atoms with Crippen molar-refractivity contribution in [3.05, 3.63) is 47.2 Å². The van der Waals surface area contributed by atoms with E-state index in [0.29, 0.717) is 29.1 Å². The van der Waals surface area contributed by atoms with Crippen LogP contribution < -0.4 is 10.6 Å². The first-order chi connectivity index (χ1) is 19.9. The van der Waals surface area contributed by atoms with E-state index in [4.69, 9.17) is 9.51 Å². The lowest BCUT2D eigenvalue weighted by Gasteiger charge is -2.34. The largest absolute Gasteiger partial charge is 0.389 e. The van der Waals surface area contributed by atoms with Crippen LogP contribution in [0, 0.1) is 11.8 Å². The molecule has 0 aliphatic heterocycles. The van der Waals surface area contributed by atoms with E-state index < -0.39 is 48.8 Å². The number of halogens is 5. The van der Waals surface area contributed by atoms with Gasteiger partial charge in [-0.25, -0.2) is 18.3 Å². The molecule has 9 nitrogen and oxygen atoms in total. The van der Waals surface area contributed by atoms with Gasteiger partial charge < -0.3 is 15.2 Å². The zero-order valence-corrected chi connectivity index (χ0v) is 23.1. The topological polar surface area (TPSA) is 114 Å². The molecule has 3 aromatic heterocycles. The molecule has 1 unspecified atom stereocenters. The van der Waals surface area contributed by atoms with Crippen LogP contribution in [-0.2, 0) is 11.2 Å². The third kappa shape index (κ3) is 6.89. The number of carbonyl (C=O) groups excluding carboxylic acids is 2. The van der Waals surface area contributed by atoms with Crippen LogP contribution in [0.4, 0.5) is 22.0 Å². The molecule has 0 aromatic carbocycles. The molecule has 228 valence electrons. The van der Waals surface area contributed by atoms with E-state index >= 15 is 0 Å². The van der Waals surface area contributed by atoms with Crippen LogP contribution in [0.5, 0.6) is 0 Å². The number of alkyl halides is 5. The Labute approximate surface area is 238 Å². The molecule has 2 atom stereocenters. The second kappa shape index (κ2) is 12.0. The highest BCUT2D eigenvalue weighted by Crippen LogP contribution is 2.42. The number of hydrogen-bond acceptors (Lipinski definition) is 6. The summed E-state index contributed by atoms with van der Waals surface area (Å²) in [6.45, 7) is 1.82. The van der Waals surface area contributed by atoms with Crippen LogP contribution >= 0.6 is 0 Å². The Bertz CT molecular complexity index is 1410. The van der Waals surface area contributed by atoms with E-state index in [2.05, 4.69) is 20.9 Å². The van der Waals surface area contributed by atoms with Crippen LogP contribution in [0.1, 0.15) is 104 Å². The fraction of sp³-hybridized carbons (Fsp3) is 0.607. The SMILES string of the molecule is CCc1oncc1C(=O)N[C@H](c1cn2ncc(C(NC(=O)CCC(F)(F)F)C3CCC3)cc2n1)C1CCC(F)(F)CC1. The number of hydrogen-bond donors (Lipinski definition) is 2. The molecule has 2 N–H and O–H groups in total. The molecule has 0 radical (unpaired) electrons. The van der Waals surface area contributed by atoms with Crippen LogP contribution in [0.3, 0.4) is 0 Å². The van der Waals surface area contributed by atoms with Gasteiger partial charge in [0.15, 0.2) is 5.65 Å². The first-order valence-corrected chi connectivity index (χ1v) is 14.3. The highest BCUT2D eigenvalue weighted by Gasteiger charge is 2.40. The van der Waals surface area contributed by atoms with Crippen molar-refractivity contribution < 1.29 is 36.1 Å². The Balaban J connectivity index is 1.41. The smallest absolute Gasteiger partial charge is 0.361 e. The summed E-state index contributed by atoms with van der Waals surface area (Å²) in [5.74, 6) is -3.74. The molecule has 5 rings (SSSR count). The molecule has 0 spiro atoms. The van der Waals surface area contributed by atoms with E-state index in [1.165, 1.54) is 10.7 Å². The van der Waals surface area contributed by atoms with E-state index in [1.807, 2.05) is 6.92 Å². The summed E-state index contributed by atoms with van der Waals surface area (Å²) in [6.07, 6.45) is 1.00. The first kappa shape index (κ1) is 29.9. The van der Waals surface area contributed by atoms with Crippen molar-refractivity contribution in [1.82, 2.24) is 30.4 Å². The third-order valence-corrected chi connectivity index (χ3v) is 8.34. The van der Waals surface area contributed by atoms with Crippen molar-refractivity contribution in [2.45, 2.75) is 95.3 Å². The lowest BCUT2D eigenvalue weighted by Crippen LogP contribution is -2.37. The lowest BCUT2D eigenvalue weighted by atomic mass is 9.77. The van der Waals surface area contributed by atoms with Gasteiger partial charge in [-0.2, -0.15) is 18.3 Å². The maximum Gasteiger partial charge on any atom is 0.389 e. The first-order valence-electron chi connectivity index (χ1n) is 14.3. The van der Waals surface area contributed by atoms with Gasteiger partial charge in [0.05, 0.1) is 42.8 Å². The van der Waals surface area contributed by atoms with Crippen molar-refractivity contribution in [2.75, 3.05) is 0 Å². The fourth-order valence-corrected chi connectivity index (χ4v) is 5.73. The summed E-state index contributed by atoms with van der Waals surface area (Å²) in [7, 11) is 0. The Morgan fingerprint density at radius 1 is 1.10 bits per heavy atom. The van der Waals surface area contributed by atoms with Crippen molar-refractivity contribution in [2.24, 2.45) is 11.8 Å². The number of nitrogens with zero attached hydrogens (tertiary/aromatic N) is 4. The van der Waals surface area contributed by atoms with Gasteiger partial charge in [0.2, 0.25) is 11.8 Å². The van der Waals surface area contributed by atoms with Crippen molar-refractivity contribution >= 4 is 17.5 Å². The zero-order valence-electron chi connectivity index (χ0n) is 23.1. The van der Waals surface area contributed by atoms with Crippen LogP contribution in [0.15, 0.2) is 29.2 Å². The van der Waals surface area contributed by atoms with Gasteiger partial charge in [-0.1, -0.05) is 18.5 Å². The minimum absolute atomic E-state index is 0.0609. The molecular weight excluding hydrogens is 563 g/mol. The minimum atomic E-state index is -4.43. The summed E-state index contributed by atoms with van der Waals surface area (Å²) >= 11 is 0. The van der Waals surface area contributed by atoms with Gasteiger partial charge >= 0.3 is 6.18 Å². The molecular formula is C28H33F5N6O3. The molecule has 3 heterocycles. The van der Waals surface area contributed by atoms with Gasteiger partial charge in [-0.3, -0.25) is 9.59 Å². The lowest BCUT2D eigenvalue weighted by molar-refractivity contribution is -0.144. The number of rotatable bonds is 10. The minimum Gasteiger partial charge on any atom is -0.361 e. The van der Waals surface area contributed by atoms with Crippen molar-refractivity contribution in [3.63, 3.8) is 0 Å². The van der Waals surface area contributed by atoms with Gasteiger partial charge in [0, 0.05) is 25.7 Å². The van der Waals surface area contributed by atoms with Gasteiger partial charge in [0.1, 0.15) is 11.3 Å². The third-order valence-electron chi connectivity index (χ3n) is 8.34. The maximum atomic E-state index is 14.0. The summed E-state index contributed by atoms with van der Waals surface area (Å²) in [6, 6.07) is 0.504. The fourth-order valence-electron chi connectivity index (χ4n) is 5.73. The molecule has 0 bridgehead atoms. The maximum absolute atomic E-state index is 14.0. The second-order valence-corrected chi connectivity index (χ2v) is 11.3. The highest BCUT2D eigenvalue weighted by molar-refractivity contribution is 5.95. The average molecular weight is 597 g/mol. The normalized spacial score (nSPS) is 19.3. The molecule has 3 aromatic rings. The van der Waals surface area contributed by atoms with Gasteiger partial charge in [-0.15, -0.1) is 0 Å². The number of amides is 2. The van der Waals surface area contributed by atoms with Crippen molar-refractivity contribution in [3.8, 4) is 0 Å². The zero-order chi connectivity index (χ0) is 30.1. The summed E-state index contributed by atoms with van der Waals surface area (Å²) in [5, 5.41) is 13.8. The Kier molecular flexibility index (Phi) is 8.51. The molecule has 2 aliphatic carbocycles. The molecule has 2 fully saturated rings. The number of aryl methyl sites for hydroxylation is 1. The molecule has 42 heavy (non-hydrogen) atoms. The Morgan fingerprint density at radius 3 is 2.45 bits per heavy atom. The van der Waals surface area contributed by atoms with E-state index in [9.17, 15) is 31.5 Å².